The second-order valence-electron chi connectivity index (χ2n) is 3.74. The summed E-state index contributed by atoms with van der Waals surface area (Å²) in [5.41, 5.74) is 1.82. The first-order valence-corrected chi connectivity index (χ1v) is 7.88. The summed E-state index contributed by atoms with van der Waals surface area (Å²) >= 11 is 8.13. The zero-order chi connectivity index (χ0) is 13.8. The Morgan fingerprint density at radius 3 is 2.53 bits per heavy atom. The molecule has 0 fully saturated rings. The van der Waals surface area contributed by atoms with Crippen LogP contribution in [0.2, 0.25) is 0 Å². The van der Waals surface area contributed by atoms with Crippen molar-refractivity contribution in [3.63, 3.8) is 0 Å². The number of hydrogen-bond donors (Lipinski definition) is 1. The number of halogens is 2. The van der Waals surface area contributed by atoms with Crippen LogP contribution in [0, 0.1) is 6.92 Å². The summed E-state index contributed by atoms with van der Waals surface area (Å²) in [6, 6.07) is 9.60. The van der Waals surface area contributed by atoms with E-state index < -0.39 is 0 Å². The van der Waals surface area contributed by atoms with Crippen LogP contribution in [0.15, 0.2) is 40.2 Å². The average Bonchev–Trinajstić information content (AvgIpc) is 2.83. The number of thiazole rings is 1. The highest BCUT2D eigenvalue weighted by atomic mass is 79.9. The Morgan fingerprint density at radius 2 is 1.95 bits per heavy atom. The topological polar surface area (TPSA) is 42.0 Å². The summed E-state index contributed by atoms with van der Waals surface area (Å²) in [5, 5.41) is 5.23. The molecule has 6 heteroatoms. The molecule has 2 rings (SSSR count). The van der Waals surface area contributed by atoms with Crippen molar-refractivity contribution in [1.82, 2.24) is 4.98 Å². The molecule has 0 unspecified atom stereocenters. The maximum absolute atomic E-state index is 12.1. The molecule has 0 bridgehead atoms. The van der Waals surface area contributed by atoms with Crippen molar-refractivity contribution >= 4 is 58.7 Å². The third-order valence-corrected chi connectivity index (χ3v) is 5.28. The minimum atomic E-state index is -0.231. The van der Waals surface area contributed by atoms with Gasteiger partial charge in [-0.1, -0.05) is 30.3 Å². The fourth-order valence-electron chi connectivity index (χ4n) is 1.37. The zero-order valence-electron chi connectivity index (χ0n) is 9.98. The number of hydrogen-bond acceptors (Lipinski definition) is 3. The van der Waals surface area contributed by atoms with Crippen LogP contribution < -0.4 is 5.32 Å². The SMILES string of the molecule is Cc1csc(NC(=O)/C(Br)=C(\Br)c2ccccc2)n1. The molecular formula is C13H10Br2N2OS. The summed E-state index contributed by atoms with van der Waals surface area (Å²) in [4.78, 5) is 16.3. The van der Waals surface area contributed by atoms with E-state index in [2.05, 4.69) is 42.2 Å². The Labute approximate surface area is 132 Å². The molecule has 0 aliphatic rings. The molecule has 1 amide bonds. The number of benzene rings is 1. The molecule has 19 heavy (non-hydrogen) atoms. The summed E-state index contributed by atoms with van der Waals surface area (Å²) in [6.07, 6.45) is 0. The fourth-order valence-corrected chi connectivity index (χ4v) is 2.83. The number of carbonyl (C=O) groups excluding carboxylic acids is 1. The Kier molecular flexibility index (Phi) is 4.90. The second kappa shape index (κ2) is 6.45. The van der Waals surface area contributed by atoms with Crippen LogP contribution in [0.1, 0.15) is 11.3 Å². The maximum Gasteiger partial charge on any atom is 0.265 e. The minimum absolute atomic E-state index is 0.231. The first-order chi connectivity index (χ1) is 9.08. The van der Waals surface area contributed by atoms with Gasteiger partial charge in [0.05, 0.1) is 10.2 Å². The number of carbonyl (C=O) groups is 1. The molecule has 0 saturated heterocycles. The molecule has 1 heterocycles. The van der Waals surface area contributed by atoms with Crippen LogP contribution in [0.4, 0.5) is 5.13 Å². The molecule has 0 radical (unpaired) electrons. The van der Waals surface area contributed by atoms with Crippen LogP contribution >= 0.6 is 43.2 Å². The lowest BCUT2D eigenvalue weighted by atomic mass is 10.2. The van der Waals surface area contributed by atoms with E-state index in [9.17, 15) is 4.79 Å². The Bertz CT molecular complexity index is 623. The monoisotopic (exact) mass is 400 g/mol. The molecule has 0 atom stereocenters. The van der Waals surface area contributed by atoms with Gasteiger partial charge in [-0.05, 0) is 44.3 Å². The van der Waals surface area contributed by atoms with Crippen LogP contribution in [-0.2, 0) is 4.79 Å². The molecule has 0 saturated carbocycles. The van der Waals surface area contributed by atoms with Crippen molar-refractivity contribution in [2.45, 2.75) is 6.92 Å². The van der Waals surface area contributed by atoms with Crippen LogP contribution in [0.25, 0.3) is 4.48 Å². The predicted molar refractivity (Wildman–Crippen MR) is 86.7 cm³/mol. The van der Waals surface area contributed by atoms with E-state index in [4.69, 9.17) is 0 Å². The fraction of sp³-hybridized carbons (Fsp3) is 0.0769. The number of amides is 1. The van der Waals surface area contributed by atoms with Gasteiger partial charge in [-0.3, -0.25) is 10.1 Å². The smallest absolute Gasteiger partial charge is 0.265 e. The lowest BCUT2D eigenvalue weighted by Crippen LogP contribution is -2.11. The van der Waals surface area contributed by atoms with E-state index in [0.717, 1.165) is 11.3 Å². The molecule has 0 spiro atoms. The molecule has 98 valence electrons. The van der Waals surface area contributed by atoms with E-state index in [0.29, 0.717) is 14.1 Å². The Morgan fingerprint density at radius 1 is 1.26 bits per heavy atom. The van der Waals surface area contributed by atoms with Gasteiger partial charge >= 0.3 is 0 Å². The number of nitrogens with zero attached hydrogens (tertiary/aromatic N) is 1. The molecule has 1 N–H and O–H groups in total. The summed E-state index contributed by atoms with van der Waals surface area (Å²) < 4.78 is 1.14. The molecule has 0 aliphatic heterocycles. The highest BCUT2D eigenvalue weighted by molar-refractivity contribution is 9.16. The average molecular weight is 402 g/mol. The van der Waals surface area contributed by atoms with Gasteiger partial charge in [-0.2, -0.15) is 0 Å². The normalized spacial score (nSPS) is 11.9. The van der Waals surface area contributed by atoms with Crippen LogP contribution in [-0.4, -0.2) is 10.9 Å². The predicted octanol–water partition coefficient (Wildman–Crippen LogP) is 4.55. The van der Waals surface area contributed by atoms with E-state index in [1.165, 1.54) is 11.3 Å². The second-order valence-corrected chi connectivity index (χ2v) is 6.19. The number of aromatic nitrogens is 1. The van der Waals surface area contributed by atoms with Crippen molar-refractivity contribution in [3.05, 3.63) is 51.5 Å². The maximum atomic E-state index is 12.1. The van der Waals surface area contributed by atoms with Gasteiger partial charge in [0.1, 0.15) is 0 Å². The van der Waals surface area contributed by atoms with Crippen molar-refractivity contribution in [2.75, 3.05) is 5.32 Å². The van der Waals surface area contributed by atoms with Crippen LogP contribution in [0.5, 0.6) is 0 Å². The third kappa shape index (κ3) is 3.75. The van der Waals surface area contributed by atoms with Gasteiger partial charge in [0.25, 0.3) is 5.91 Å². The lowest BCUT2D eigenvalue weighted by Gasteiger charge is -2.04. The van der Waals surface area contributed by atoms with Crippen molar-refractivity contribution in [2.24, 2.45) is 0 Å². The minimum Gasteiger partial charge on any atom is -0.297 e. The Balaban J connectivity index is 2.18. The van der Waals surface area contributed by atoms with Gasteiger partial charge in [0.2, 0.25) is 0 Å². The molecule has 1 aromatic carbocycles. The first-order valence-electron chi connectivity index (χ1n) is 5.42. The summed E-state index contributed by atoms with van der Waals surface area (Å²) in [5.74, 6) is -0.231. The van der Waals surface area contributed by atoms with Gasteiger partial charge in [0, 0.05) is 9.86 Å². The van der Waals surface area contributed by atoms with Crippen LogP contribution in [0.3, 0.4) is 0 Å². The highest BCUT2D eigenvalue weighted by Crippen LogP contribution is 2.29. The Hall–Kier alpha value is -0.980. The lowest BCUT2D eigenvalue weighted by molar-refractivity contribution is -0.112. The van der Waals surface area contributed by atoms with Crippen molar-refractivity contribution < 1.29 is 4.79 Å². The van der Waals surface area contributed by atoms with Gasteiger partial charge in [0.15, 0.2) is 5.13 Å². The molecule has 0 aliphatic carbocycles. The van der Waals surface area contributed by atoms with Crippen molar-refractivity contribution in [1.29, 1.82) is 0 Å². The van der Waals surface area contributed by atoms with Gasteiger partial charge in [-0.15, -0.1) is 11.3 Å². The molecular weight excluding hydrogens is 392 g/mol. The third-order valence-electron chi connectivity index (χ3n) is 2.26. The van der Waals surface area contributed by atoms with Gasteiger partial charge < -0.3 is 0 Å². The largest absolute Gasteiger partial charge is 0.297 e. The van der Waals surface area contributed by atoms with E-state index in [1.807, 2.05) is 42.6 Å². The first kappa shape index (κ1) is 14.4. The summed E-state index contributed by atoms with van der Waals surface area (Å²) in [7, 11) is 0. The van der Waals surface area contributed by atoms with E-state index in [-0.39, 0.29) is 5.91 Å². The van der Waals surface area contributed by atoms with Gasteiger partial charge in [-0.25, -0.2) is 4.98 Å². The molecule has 1 aromatic heterocycles. The van der Waals surface area contributed by atoms with Crippen molar-refractivity contribution in [3.8, 4) is 0 Å². The zero-order valence-corrected chi connectivity index (χ0v) is 14.0. The number of rotatable bonds is 3. The highest BCUT2D eigenvalue weighted by Gasteiger charge is 2.13. The number of anilines is 1. The number of aryl methyl sites for hydroxylation is 1. The standard InChI is InChI=1S/C13H10Br2N2OS/c1-8-7-19-13(16-8)17-12(18)11(15)10(14)9-5-3-2-4-6-9/h2-7H,1H3,(H,16,17,18)/b11-10+. The molecule has 2 aromatic rings. The van der Waals surface area contributed by atoms with E-state index >= 15 is 0 Å². The number of nitrogens with one attached hydrogen (secondary N) is 1. The van der Waals surface area contributed by atoms with E-state index in [1.54, 1.807) is 0 Å². The molecule has 3 nitrogen and oxygen atoms in total. The summed E-state index contributed by atoms with van der Waals surface area (Å²) in [6.45, 7) is 1.89. The quantitative estimate of drug-likeness (QED) is 0.766.